The van der Waals surface area contributed by atoms with Gasteiger partial charge in [-0.3, -0.25) is 0 Å². The average molecular weight is 256 g/mol. The van der Waals surface area contributed by atoms with E-state index < -0.39 is 0 Å². The Balaban J connectivity index is 3.12. The van der Waals surface area contributed by atoms with Crippen molar-refractivity contribution in [3.8, 4) is 0 Å². The molecule has 0 nitrogen and oxygen atoms in total. The molecule has 0 unspecified atom stereocenters. The highest BCUT2D eigenvalue weighted by Gasteiger charge is 1.84. The second kappa shape index (κ2) is 15.3. The van der Waals surface area contributed by atoms with Crippen LogP contribution in [0.25, 0.3) is 0 Å². The lowest BCUT2D eigenvalue weighted by Gasteiger charge is -1.92. The number of allylic oxidation sites excluding steroid dienone is 2. The lowest BCUT2D eigenvalue weighted by Crippen LogP contribution is -1.69. The zero-order valence-electron chi connectivity index (χ0n) is 10.9. The topological polar surface area (TPSA) is 0 Å². The number of rotatable bonds is 11. The van der Waals surface area contributed by atoms with Crippen molar-refractivity contribution in [3.63, 3.8) is 0 Å². The van der Waals surface area contributed by atoms with Gasteiger partial charge in [0.15, 0.2) is 0 Å². The van der Waals surface area contributed by atoms with E-state index in [9.17, 15) is 0 Å². The summed E-state index contributed by atoms with van der Waals surface area (Å²) in [4.78, 5) is 0. The highest BCUT2D eigenvalue weighted by atomic mass is 32.0. The van der Waals surface area contributed by atoms with Gasteiger partial charge in [0.2, 0.25) is 0 Å². The fraction of sp³-hybridized carbons (Fsp3) is 0.714. The molecule has 0 atom stereocenters. The van der Waals surface area contributed by atoms with Gasteiger partial charge in [0.05, 0.1) is 0 Å². The van der Waals surface area contributed by atoms with Crippen molar-refractivity contribution < 1.29 is 0 Å². The van der Waals surface area contributed by atoms with Crippen molar-refractivity contribution in [2.24, 2.45) is 0 Å². The summed E-state index contributed by atoms with van der Waals surface area (Å²) < 4.78 is 0. The average Bonchev–Trinajstić information content (AvgIpc) is 2.31. The van der Waals surface area contributed by atoms with Crippen LogP contribution < -0.4 is 0 Å². The Morgan fingerprint density at radius 2 is 1.12 bits per heavy atom. The molecule has 0 amide bonds. The van der Waals surface area contributed by atoms with Crippen LogP contribution in [0.1, 0.15) is 65.2 Å². The molecule has 0 aromatic rings. The zero-order valence-corrected chi connectivity index (χ0v) is 12.6. The first kappa shape index (κ1) is 16.3. The van der Waals surface area contributed by atoms with E-state index in [1.165, 1.54) is 67.9 Å². The van der Waals surface area contributed by atoms with Crippen LogP contribution >= 0.6 is 16.5 Å². The molecule has 0 aliphatic carbocycles. The molecule has 0 aliphatic rings. The SMILES string of the molecule is CCCCCC=C[P][P]C=CCCCCC. The van der Waals surface area contributed by atoms with Crippen molar-refractivity contribution in [1.82, 2.24) is 0 Å². The van der Waals surface area contributed by atoms with Gasteiger partial charge in [-0.05, 0) is 42.2 Å². The van der Waals surface area contributed by atoms with Gasteiger partial charge in [-0.25, -0.2) is 0 Å². The predicted molar refractivity (Wildman–Crippen MR) is 80.4 cm³/mol. The quantitative estimate of drug-likeness (QED) is 0.276. The highest BCUT2D eigenvalue weighted by molar-refractivity contribution is 8.14. The summed E-state index contributed by atoms with van der Waals surface area (Å²) in [5.74, 6) is 4.60. The standard InChI is InChI=1S/C14H26P2/c1-3-5-7-9-11-13-15-16-14-12-10-8-6-4-2/h11-14H,3-10H2,1-2H3. The summed E-state index contributed by atoms with van der Waals surface area (Å²) in [5, 5.41) is 0. The molecule has 0 saturated carbocycles. The summed E-state index contributed by atoms with van der Waals surface area (Å²) in [7, 11) is 2.84. The third-order valence-electron chi connectivity index (χ3n) is 2.36. The van der Waals surface area contributed by atoms with Crippen LogP contribution in [-0.2, 0) is 0 Å². The second-order valence-corrected chi connectivity index (χ2v) is 6.44. The number of hydrogen-bond acceptors (Lipinski definition) is 0. The monoisotopic (exact) mass is 256 g/mol. The Morgan fingerprint density at radius 3 is 1.50 bits per heavy atom. The molecular weight excluding hydrogens is 230 g/mol. The van der Waals surface area contributed by atoms with Crippen LogP contribution in [0.4, 0.5) is 0 Å². The van der Waals surface area contributed by atoms with Crippen molar-refractivity contribution in [3.05, 3.63) is 23.8 Å². The van der Waals surface area contributed by atoms with Gasteiger partial charge < -0.3 is 0 Å². The smallest absolute Gasteiger partial charge is 0.0146 e. The largest absolute Gasteiger partial charge is 0.0834 e. The summed E-state index contributed by atoms with van der Waals surface area (Å²) in [6.07, 6.45) is 15.3. The van der Waals surface area contributed by atoms with E-state index in [0.29, 0.717) is 0 Å². The van der Waals surface area contributed by atoms with Crippen LogP contribution in [0, 0.1) is 0 Å². The maximum absolute atomic E-state index is 2.33. The van der Waals surface area contributed by atoms with E-state index in [1.54, 1.807) is 0 Å². The second-order valence-electron chi connectivity index (χ2n) is 3.99. The molecule has 0 saturated heterocycles. The van der Waals surface area contributed by atoms with E-state index in [0.717, 1.165) is 0 Å². The van der Waals surface area contributed by atoms with Gasteiger partial charge in [-0.2, -0.15) is 0 Å². The van der Waals surface area contributed by atoms with Gasteiger partial charge in [0.1, 0.15) is 0 Å². The first-order chi connectivity index (χ1) is 7.91. The Bertz CT molecular complexity index is 154. The van der Waals surface area contributed by atoms with Gasteiger partial charge in [-0.1, -0.05) is 63.3 Å². The van der Waals surface area contributed by atoms with E-state index in [1.807, 2.05) is 0 Å². The Kier molecular flexibility index (Phi) is 15.7. The Hall–Kier alpha value is 0.340. The van der Waals surface area contributed by atoms with Crippen LogP contribution in [0.15, 0.2) is 23.8 Å². The highest BCUT2D eigenvalue weighted by Crippen LogP contribution is 2.39. The molecule has 0 fully saturated rings. The van der Waals surface area contributed by atoms with Crippen molar-refractivity contribution in [2.45, 2.75) is 65.2 Å². The lowest BCUT2D eigenvalue weighted by atomic mass is 10.2. The maximum Gasteiger partial charge on any atom is -0.0146 e. The van der Waals surface area contributed by atoms with Crippen LogP contribution in [0.2, 0.25) is 0 Å². The van der Waals surface area contributed by atoms with Crippen LogP contribution in [0.5, 0.6) is 0 Å². The molecule has 0 N–H and O–H groups in total. The third-order valence-corrected chi connectivity index (χ3v) is 4.38. The van der Waals surface area contributed by atoms with Crippen molar-refractivity contribution >= 4 is 16.5 Å². The minimum absolute atomic E-state index is 1.26. The Morgan fingerprint density at radius 1 is 0.688 bits per heavy atom. The minimum atomic E-state index is 1.26. The van der Waals surface area contributed by atoms with E-state index >= 15 is 0 Å². The van der Waals surface area contributed by atoms with E-state index in [4.69, 9.17) is 0 Å². The first-order valence-electron chi connectivity index (χ1n) is 6.61. The van der Waals surface area contributed by atoms with Crippen LogP contribution in [0.3, 0.4) is 0 Å². The van der Waals surface area contributed by atoms with Gasteiger partial charge in [0.25, 0.3) is 0 Å². The first-order valence-corrected chi connectivity index (χ1v) is 9.25. The predicted octanol–water partition coefficient (Wildman–Crippen LogP) is 6.98. The molecular formula is C14H26P2. The molecule has 0 aliphatic heterocycles. The minimum Gasteiger partial charge on any atom is -0.0834 e. The van der Waals surface area contributed by atoms with E-state index in [-0.39, 0.29) is 0 Å². The summed E-state index contributed by atoms with van der Waals surface area (Å²) in [5.41, 5.74) is 0. The molecule has 92 valence electrons. The fourth-order valence-electron chi connectivity index (χ4n) is 1.34. The molecule has 0 spiro atoms. The molecule has 0 heterocycles. The molecule has 2 radical (unpaired) electrons. The summed E-state index contributed by atoms with van der Waals surface area (Å²) in [6.45, 7) is 4.51. The zero-order chi connectivity index (χ0) is 11.9. The summed E-state index contributed by atoms with van der Waals surface area (Å²) >= 11 is 0. The van der Waals surface area contributed by atoms with Crippen molar-refractivity contribution in [2.75, 3.05) is 0 Å². The molecule has 0 aromatic heterocycles. The van der Waals surface area contributed by atoms with Crippen molar-refractivity contribution in [1.29, 1.82) is 0 Å². The number of hydrogen-bond donors (Lipinski definition) is 0. The normalized spacial score (nSPS) is 13.4. The van der Waals surface area contributed by atoms with Gasteiger partial charge >= 0.3 is 0 Å². The Labute approximate surface area is 106 Å². The van der Waals surface area contributed by atoms with Crippen LogP contribution in [-0.4, -0.2) is 0 Å². The fourth-order valence-corrected chi connectivity index (χ4v) is 3.01. The van der Waals surface area contributed by atoms with Gasteiger partial charge in [-0.15, -0.1) is 0 Å². The molecule has 0 aromatic carbocycles. The lowest BCUT2D eigenvalue weighted by molar-refractivity contribution is 0.729. The van der Waals surface area contributed by atoms with E-state index in [2.05, 4.69) is 37.6 Å². The number of unbranched alkanes of at least 4 members (excludes halogenated alkanes) is 6. The van der Waals surface area contributed by atoms with Gasteiger partial charge in [0, 0.05) is 0 Å². The molecule has 0 bridgehead atoms. The molecule has 2 heteroatoms. The third kappa shape index (κ3) is 14.3. The molecule has 0 rings (SSSR count). The molecule has 16 heavy (non-hydrogen) atoms. The maximum atomic E-state index is 2.33. The summed E-state index contributed by atoms with van der Waals surface area (Å²) in [6, 6.07) is 0.